The molecule has 22 heavy (non-hydrogen) atoms. The van der Waals surface area contributed by atoms with E-state index in [0.29, 0.717) is 22.3 Å². The van der Waals surface area contributed by atoms with Crippen LogP contribution in [0.4, 0.5) is 8.78 Å². The second-order valence-electron chi connectivity index (χ2n) is 5.28. The Bertz CT molecular complexity index is 656. The summed E-state index contributed by atoms with van der Waals surface area (Å²) in [5.74, 6) is -0.602. The van der Waals surface area contributed by atoms with Gasteiger partial charge in [-0.1, -0.05) is 24.3 Å². The molecular formula is C18H20F2O2. The Morgan fingerprint density at radius 2 is 1.59 bits per heavy atom. The molecule has 0 aliphatic carbocycles. The maximum absolute atomic E-state index is 14.2. The molecule has 2 rings (SSSR count). The minimum Gasteiger partial charge on any atom is -0.374 e. The van der Waals surface area contributed by atoms with E-state index in [0.717, 1.165) is 0 Å². The molecule has 2 atom stereocenters. The van der Waals surface area contributed by atoms with Gasteiger partial charge in [0.2, 0.25) is 0 Å². The van der Waals surface area contributed by atoms with Gasteiger partial charge in [-0.15, -0.1) is 0 Å². The van der Waals surface area contributed by atoms with Gasteiger partial charge in [0.1, 0.15) is 23.8 Å². The van der Waals surface area contributed by atoms with E-state index in [1.54, 1.807) is 32.0 Å². The average molecular weight is 306 g/mol. The van der Waals surface area contributed by atoms with Gasteiger partial charge in [0, 0.05) is 14.2 Å². The number of benzene rings is 2. The Balaban J connectivity index is 2.48. The standard InChI is InChI=1S/C18H20F2O2/c1-11-8-9-15(12(2)16(11)20)18(22-4)17(21-3)13-6-5-7-14(19)10-13/h5-10,17-18H,1-4H3/t17-,18-/m1/s1. The van der Waals surface area contributed by atoms with Crippen LogP contribution in [0.5, 0.6) is 0 Å². The van der Waals surface area contributed by atoms with Gasteiger partial charge in [-0.2, -0.15) is 0 Å². The molecule has 0 aliphatic heterocycles. The lowest BCUT2D eigenvalue weighted by Crippen LogP contribution is -2.17. The topological polar surface area (TPSA) is 18.5 Å². The van der Waals surface area contributed by atoms with Crippen molar-refractivity contribution in [1.82, 2.24) is 0 Å². The fraction of sp³-hybridized carbons (Fsp3) is 0.333. The summed E-state index contributed by atoms with van der Waals surface area (Å²) >= 11 is 0. The van der Waals surface area contributed by atoms with Crippen molar-refractivity contribution in [2.45, 2.75) is 26.1 Å². The Labute approximate surface area is 129 Å². The van der Waals surface area contributed by atoms with E-state index in [1.807, 2.05) is 6.07 Å². The highest BCUT2D eigenvalue weighted by Gasteiger charge is 2.27. The van der Waals surface area contributed by atoms with Crippen molar-refractivity contribution in [3.8, 4) is 0 Å². The van der Waals surface area contributed by atoms with Crippen LogP contribution in [0.2, 0.25) is 0 Å². The first kappa shape index (κ1) is 16.6. The van der Waals surface area contributed by atoms with Gasteiger partial charge in [-0.25, -0.2) is 8.78 Å². The predicted molar refractivity (Wildman–Crippen MR) is 81.8 cm³/mol. The Morgan fingerprint density at radius 1 is 0.909 bits per heavy atom. The molecule has 0 saturated heterocycles. The minimum atomic E-state index is -0.526. The van der Waals surface area contributed by atoms with Crippen LogP contribution in [0.25, 0.3) is 0 Å². The summed E-state index contributed by atoms with van der Waals surface area (Å²) < 4.78 is 38.7. The van der Waals surface area contributed by atoms with E-state index in [1.165, 1.54) is 26.4 Å². The van der Waals surface area contributed by atoms with E-state index in [4.69, 9.17) is 9.47 Å². The SMILES string of the molecule is CO[C@H](c1cccc(F)c1)[C@H](OC)c1ccc(C)c(F)c1C. The fourth-order valence-electron chi connectivity index (χ4n) is 2.68. The van der Waals surface area contributed by atoms with Crippen molar-refractivity contribution in [3.05, 3.63) is 70.3 Å². The van der Waals surface area contributed by atoms with Crippen LogP contribution in [0.15, 0.2) is 36.4 Å². The first-order valence-corrected chi connectivity index (χ1v) is 7.06. The van der Waals surface area contributed by atoms with Gasteiger partial charge in [0.25, 0.3) is 0 Å². The van der Waals surface area contributed by atoms with Crippen molar-refractivity contribution < 1.29 is 18.3 Å². The first-order valence-electron chi connectivity index (χ1n) is 7.06. The highest BCUT2D eigenvalue weighted by molar-refractivity contribution is 5.36. The molecule has 2 nitrogen and oxygen atoms in total. The molecule has 0 spiro atoms. The van der Waals surface area contributed by atoms with Crippen LogP contribution < -0.4 is 0 Å². The molecular weight excluding hydrogens is 286 g/mol. The molecule has 0 fully saturated rings. The van der Waals surface area contributed by atoms with Crippen molar-refractivity contribution >= 4 is 0 Å². The number of rotatable bonds is 5. The molecule has 0 radical (unpaired) electrons. The van der Waals surface area contributed by atoms with Crippen molar-refractivity contribution in [3.63, 3.8) is 0 Å². The molecule has 118 valence electrons. The Morgan fingerprint density at radius 3 is 2.18 bits per heavy atom. The van der Waals surface area contributed by atoms with Crippen LogP contribution in [-0.2, 0) is 9.47 Å². The van der Waals surface area contributed by atoms with E-state index < -0.39 is 12.2 Å². The zero-order valence-corrected chi connectivity index (χ0v) is 13.2. The fourth-order valence-corrected chi connectivity index (χ4v) is 2.68. The van der Waals surface area contributed by atoms with Gasteiger partial charge in [0.15, 0.2) is 0 Å². The molecule has 0 bridgehead atoms. The van der Waals surface area contributed by atoms with Gasteiger partial charge in [-0.05, 0) is 48.2 Å². The van der Waals surface area contributed by atoms with E-state index in [-0.39, 0.29) is 11.6 Å². The Kier molecular flexibility index (Phi) is 5.27. The van der Waals surface area contributed by atoms with Crippen molar-refractivity contribution in [2.24, 2.45) is 0 Å². The maximum Gasteiger partial charge on any atom is 0.129 e. The summed E-state index contributed by atoms with van der Waals surface area (Å²) in [5, 5.41) is 0. The highest BCUT2D eigenvalue weighted by Crippen LogP contribution is 2.36. The van der Waals surface area contributed by atoms with Crippen LogP contribution in [-0.4, -0.2) is 14.2 Å². The van der Waals surface area contributed by atoms with E-state index in [9.17, 15) is 8.78 Å². The molecule has 0 aromatic heterocycles. The summed E-state index contributed by atoms with van der Waals surface area (Å²) in [6.07, 6.45) is -1.05. The second kappa shape index (κ2) is 6.99. The molecule has 2 aromatic carbocycles. The van der Waals surface area contributed by atoms with Crippen LogP contribution in [0.1, 0.15) is 34.5 Å². The molecule has 2 aromatic rings. The van der Waals surface area contributed by atoms with Crippen molar-refractivity contribution in [1.29, 1.82) is 0 Å². The third kappa shape index (κ3) is 3.18. The number of methoxy groups -OCH3 is 2. The van der Waals surface area contributed by atoms with Gasteiger partial charge >= 0.3 is 0 Å². The van der Waals surface area contributed by atoms with Gasteiger partial charge in [-0.3, -0.25) is 0 Å². The summed E-state index contributed by atoms with van der Waals surface area (Å²) in [5.41, 5.74) is 2.44. The van der Waals surface area contributed by atoms with E-state index in [2.05, 4.69) is 0 Å². The van der Waals surface area contributed by atoms with Crippen LogP contribution in [0.3, 0.4) is 0 Å². The third-order valence-electron chi connectivity index (χ3n) is 3.89. The quantitative estimate of drug-likeness (QED) is 0.800. The van der Waals surface area contributed by atoms with E-state index >= 15 is 0 Å². The zero-order chi connectivity index (χ0) is 16.3. The average Bonchev–Trinajstić information content (AvgIpc) is 2.51. The number of aryl methyl sites for hydroxylation is 1. The molecule has 0 unspecified atom stereocenters. The number of hydrogen-bond donors (Lipinski definition) is 0. The first-order chi connectivity index (χ1) is 10.5. The lowest BCUT2D eigenvalue weighted by Gasteiger charge is -2.27. The smallest absolute Gasteiger partial charge is 0.129 e. The molecule has 0 heterocycles. The minimum absolute atomic E-state index is 0.256. The molecule has 4 heteroatoms. The number of ether oxygens (including phenoxy) is 2. The normalized spacial score (nSPS) is 13.9. The summed E-state index contributed by atoms with van der Waals surface area (Å²) in [6, 6.07) is 9.69. The zero-order valence-electron chi connectivity index (χ0n) is 13.2. The number of halogens is 2. The molecule has 0 aliphatic rings. The summed E-state index contributed by atoms with van der Waals surface area (Å²) in [6.45, 7) is 3.43. The van der Waals surface area contributed by atoms with Crippen LogP contribution >= 0.6 is 0 Å². The monoisotopic (exact) mass is 306 g/mol. The summed E-state index contributed by atoms with van der Waals surface area (Å²) in [4.78, 5) is 0. The second-order valence-corrected chi connectivity index (χ2v) is 5.28. The lowest BCUT2D eigenvalue weighted by atomic mass is 9.93. The molecule has 0 N–H and O–H groups in total. The maximum atomic E-state index is 14.2. The third-order valence-corrected chi connectivity index (χ3v) is 3.89. The Hall–Kier alpha value is -1.78. The van der Waals surface area contributed by atoms with Crippen LogP contribution in [0, 0.1) is 25.5 Å². The van der Waals surface area contributed by atoms with Gasteiger partial charge in [0.05, 0.1) is 0 Å². The predicted octanol–water partition coefficient (Wildman–Crippen LogP) is 4.66. The molecule has 0 saturated carbocycles. The highest BCUT2D eigenvalue weighted by atomic mass is 19.1. The summed E-state index contributed by atoms with van der Waals surface area (Å²) in [7, 11) is 3.06. The largest absolute Gasteiger partial charge is 0.374 e. The van der Waals surface area contributed by atoms with Crippen molar-refractivity contribution in [2.75, 3.05) is 14.2 Å². The molecule has 0 amide bonds. The lowest BCUT2D eigenvalue weighted by molar-refractivity contribution is -0.0402. The number of hydrogen-bond acceptors (Lipinski definition) is 2. The van der Waals surface area contributed by atoms with Gasteiger partial charge < -0.3 is 9.47 Å².